The summed E-state index contributed by atoms with van der Waals surface area (Å²) >= 11 is 0. The van der Waals surface area contributed by atoms with Crippen molar-refractivity contribution in [2.75, 3.05) is 13.6 Å². The second-order valence-corrected chi connectivity index (χ2v) is 13.9. The van der Waals surface area contributed by atoms with Gasteiger partial charge in [0.15, 0.2) is 0 Å². The zero-order chi connectivity index (χ0) is 17.9. The van der Waals surface area contributed by atoms with Crippen LogP contribution in [-0.2, 0) is 0 Å². The molecule has 0 aromatic carbocycles. The van der Waals surface area contributed by atoms with Crippen molar-refractivity contribution in [3.05, 3.63) is 29.6 Å². The molecule has 1 aliphatic rings. The van der Waals surface area contributed by atoms with Crippen molar-refractivity contribution in [3.8, 4) is 11.5 Å². The van der Waals surface area contributed by atoms with E-state index in [1.165, 1.54) is 24.9 Å². The fourth-order valence-corrected chi connectivity index (χ4v) is 9.88. The first kappa shape index (κ1) is 19.2. The molecule has 1 aromatic rings. The summed E-state index contributed by atoms with van der Waals surface area (Å²) in [5.74, 6) is 3.54. The van der Waals surface area contributed by atoms with E-state index in [0.717, 1.165) is 5.56 Å². The zero-order valence-electron chi connectivity index (χ0n) is 16.6. The number of hydrogen-bond acceptors (Lipinski definition) is 2. The molecule has 1 saturated heterocycles. The summed E-state index contributed by atoms with van der Waals surface area (Å²) in [6.07, 6.45) is 6.47. The molecular formula is C21H34N2Si. The Hall–Kier alpha value is -1.11. The Morgan fingerprint density at radius 3 is 2.21 bits per heavy atom. The van der Waals surface area contributed by atoms with E-state index in [9.17, 15) is 0 Å². The zero-order valence-corrected chi connectivity index (χ0v) is 17.6. The Morgan fingerprint density at radius 1 is 1.08 bits per heavy atom. The quantitative estimate of drug-likeness (QED) is 0.536. The van der Waals surface area contributed by atoms with Crippen LogP contribution in [0.3, 0.4) is 0 Å². The van der Waals surface area contributed by atoms with E-state index in [4.69, 9.17) is 0 Å². The van der Waals surface area contributed by atoms with E-state index in [-0.39, 0.29) is 0 Å². The molecule has 0 unspecified atom stereocenters. The molecule has 1 fully saturated rings. The van der Waals surface area contributed by atoms with Crippen LogP contribution < -0.4 is 0 Å². The minimum Gasteiger partial charge on any atom is -0.299 e. The van der Waals surface area contributed by atoms with Crippen LogP contribution in [0.2, 0.25) is 16.6 Å². The van der Waals surface area contributed by atoms with Gasteiger partial charge < -0.3 is 0 Å². The van der Waals surface area contributed by atoms with Crippen molar-refractivity contribution in [2.24, 2.45) is 0 Å². The average molecular weight is 343 g/mol. The standard InChI is InChI=1S/C21H34N2Si/c1-16(2)24(17(3)4,18(5)6)12-10-19-13-20(15-22-14-19)21-9-8-11-23(21)7/h13-18,21H,8-9,11H2,1-7H3/t21-/m0/s1. The highest BCUT2D eigenvalue weighted by molar-refractivity contribution is 6.90. The van der Waals surface area contributed by atoms with Crippen molar-refractivity contribution in [3.63, 3.8) is 0 Å². The number of hydrogen-bond donors (Lipinski definition) is 0. The van der Waals surface area contributed by atoms with E-state index in [1.807, 2.05) is 12.4 Å². The monoisotopic (exact) mass is 342 g/mol. The van der Waals surface area contributed by atoms with Gasteiger partial charge in [-0.05, 0) is 54.7 Å². The fraction of sp³-hybridized carbons (Fsp3) is 0.667. The highest BCUT2D eigenvalue weighted by atomic mass is 28.3. The van der Waals surface area contributed by atoms with Gasteiger partial charge in [0, 0.05) is 24.0 Å². The van der Waals surface area contributed by atoms with Gasteiger partial charge in [0.2, 0.25) is 0 Å². The highest BCUT2D eigenvalue weighted by Gasteiger charge is 2.41. The fourth-order valence-electron chi connectivity index (χ4n) is 4.65. The minimum absolute atomic E-state index is 0.515. The molecule has 1 aliphatic heterocycles. The Morgan fingerprint density at radius 2 is 1.71 bits per heavy atom. The number of likely N-dealkylation sites (tertiary alicyclic amines) is 1. The second-order valence-electron chi connectivity index (χ2n) is 8.29. The van der Waals surface area contributed by atoms with Gasteiger partial charge in [-0.3, -0.25) is 9.88 Å². The first-order valence-corrected chi connectivity index (χ1v) is 11.7. The van der Waals surface area contributed by atoms with Gasteiger partial charge in [0.25, 0.3) is 0 Å². The van der Waals surface area contributed by atoms with Crippen LogP contribution in [0.25, 0.3) is 0 Å². The lowest BCUT2D eigenvalue weighted by Crippen LogP contribution is -2.43. The number of aromatic nitrogens is 1. The molecule has 0 aliphatic carbocycles. The molecule has 0 amide bonds. The van der Waals surface area contributed by atoms with Crippen LogP contribution in [0, 0.1) is 11.5 Å². The molecule has 3 heteroatoms. The van der Waals surface area contributed by atoms with Crippen molar-refractivity contribution >= 4 is 8.07 Å². The molecule has 2 rings (SSSR count). The lowest BCUT2D eigenvalue weighted by molar-refractivity contribution is 0.317. The molecule has 0 radical (unpaired) electrons. The molecule has 2 heterocycles. The highest BCUT2D eigenvalue weighted by Crippen LogP contribution is 2.40. The van der Waals surface area contributed by atoms with Gasteiger partial charge in [-0.25, -0.2) is 0 Å². The second kappa shape index (κ2) is 7.85. The Balaban J connectivity index is 2.35. The van der Waals surface area contributed by atoms with E-state index in [1.54, 1.807) is 0 Å². The van der Waals surface area contributed by atoms with Crippen molar-refractivity contribution in [1.82, 2.24) is 9.88 Å². The largest absolute Gasteiger partial charge is 0.299 e. The van der Waals surface area contributed by atoms with Crippen molar-refractivity contribution < 1.29 is 0 Å². The lowest BCUT2D eigenvalue weighted by Gasteiger charge is -2.38. The van der Waals surface area contributed by atoms with Crippen LogP contribution in [0.4, 0.5) is 0 Å². The van der Waals surface area contributed by atoms with Crippen LogP contribution in [0.1, 0.15) is 71.6 Å². The molecule has 2 nitrogen and oxygen atoms in total. The van der Waals surface area contributed by atoms with Crippen LogP contribution in [0.5, 0.6) is 0 Å². The predicted octanol–water partition coefficient (Wildman–Crippen LogP) is 5.42. The molecule has 1 atom stereocenters. The normalized spacial score (nSPS) is 19.2. The maximum absolute atomic E-state index is 4.49. The van der Waals surface area contributed by atoms with Gasteiger partial charge >= 0.3 is 0 Å². The van der Waals surface area contributed by atoms with Gasteiger partial charge in [-0.2, -0.15) is 0 Å². The third kappa shape index (κ3) is 3.76. The topological polar surface area (TPSA) is 16.1 Å². The van der Waals surface area contributed by atoms with Gasteiger partial charge in [-0.15, -0.1) is 5.54 Å². The average Bonchev–Trinajstić information content (AvgIpc) is 2.93. The minimum atomic E-state index is -1.67. The summed E-state index contributed by atoms with van der Waals surface area (Å²) in [6, 6.07) is 2.79. The number of nitrogens with zero attached hydrogens (tertiary/aromatic N) is 2. The van der Waals surface area contributed by atoms with Gasteiger partial charge in [0.1, 0.15) is 8.07 Å². The van der Waals surface area contributed by atoms with Gasteiger partial charge in [-0.1, -0.05) is 47.5 Å². The molecule has 24 heavy (non-hydrogen) atoms. The first-order valence-electron chi connectivity index (χ1n) is 9.47. The SMILES string of the molecule is CC(C)[Si](C#Cc1cncc([C@@H]2CCCN2C)c1)(C(C)C)C(C)C. The molecule has 132 valence electrons. The Labute approximate surface area is 150 Å². The molecule has 0 N–H and O–H groups in total. The van der Waals surface area contributed by atoms with E-state index >= 15 is 0 Å². The smallest absolute Gasteiger partial charge is 0.146 e. The maximum Gasteiger partial charge on any atom is 0.146 e. The van der Waals surface area contributed by atoms with Crippen molar-refractivity contribution in [1.29, 1.82) is 0 Å². The molecular weight excluding hydrogens is 308 g/mol. The van der Waals surface area contributed by atoms with Crippen molar-refractivity contribution in [2.45, 2.75) is 77.0 Å². The van der Waals surface area contributed by atoms with Crippen LogP contribution in [-0.4, -0.2) is 31.6 Å². The third-order valence-electron chi connectivity index (χ3n) is 5.95. The maximum atomic E-state index is 4.49. The Kier molecular flexibility index (Phi) is 6.28. The summed E-state index contributed by atoms with van der Waals surface area (Å²) < 4.78 is 0. The summed E-state index contributed by atoms with van der Waals surface area (Å²) in [5, 5.41) is 0. The van der Waals surface area contributed by atoms with E-state index in [2.05, 4.69) is 76.0 Å². The third-order valence-corrected chi connectivity index (χ3v) is 12.2. The molecule has 1 aromatic heterocycles. The number of rotatable bonds is 4. The summed E-state index contributed by atoms with van der Waals surface area (Å²) in [5.41, 5.74) is 8.23. The van der Waals surface area contributed by atoms with Gasteiger partial charge in [0.05, 0.1) is 0 Å². The summed E-state index contributed by atoms with van der Waals surface area (Å²) in [4.78, 5) is 6.92. The first-order chi connectivity index (χ1) is 11.3. The predicted molar refractivity (Wildman–Crippen MR) is 107 cm³/mol. The summed E-state index contributed by atoms with van der Waals surface area (Å²) in [7, 11) is 0.541. The molecule has 0 saturated carbocycles. The van der Waals surface area contributed by atoms with E-state index in [0.29, 0.717) is 22.7 Å². The number of pyridine rings is 1. The molecule has 0 spiro atoms. The van der Waals surface area contributed by atoms with E-state index < -0.39 is 8.07 Å². The van der Waals surface area contributed by atoms with Crippen LogP contribution in [0.15, 0.2) is 18.5 Å². The molecule has 0 bridgehead atoms. The lowest BCUT2D eigenvalue weighted by atomic mass is 10.1. The summed E-state index contributed by atoms with van der Waals surface area (Å²) in [6.45, 7) is 15.4. The Bertz CT molecular complexity index is 588. The van der Waals surface area contributed by atoms with Crippen LogP contribution >= 0.6 is 0 Å².